The second-order valence-corrected chi connectivity index (χ2v) is 7.62. The zero-order chi connectivity index (χ0) is 23.4. The lowest BCUT2D eigenvalue weighted by Gasteiger charge is -2.27. The van der Waals surface area contributed by atoms with Gasteiger partial charge in [0.05, 0.1) is 28.9 Å². The van der Waals surface area contributed by atoms with Crippen LogP contribution in [-0.4, -0.2) is 23.6 Å². The van der Waals surface area contributed by atoms with Crippen LogP contribution >= 0.6 is 24.0 Å². The number of anilines is 1. The molecule has 178 valence electrons. The highest BCUT2D eigenvalue weighted by molar-refractivity contribution is 6.30. The lowest BCUT2D eigenvalue weighted by Crippen LogP contribution is -2.33. The van der Waals surface area contributed by atoms with Gasteiger partial charge in [-0.1, -0.05) is 23.7 Å². The molecule has 0 bridgehead atoms. The van der Waals surface area contributed by atoms with Gasteiger partial charge < -0.3 is 20.1 Å². The smallest absolute Gasteiger partial charge is 0.408 e. The zero-order valence-corrected chi connectivity index (χ0v) is 19.1. The number of para-hydroxylation sites is 1. The van der Waals surface area contributed by atoms with Gasteiger partial charge in [-0.2, -0.15) is 0 Å². The molecule has 0 radical (unpaired) electrons. The first kappa shape index (κ1) is 25.2. The van der Waals surface area contributed by atoms with E-state index in [4.69, 9.17) is 21.1 Å². The van der Waals surface area contributed by atoms with Crippen LogP contribution < -0.4 is 15.4 Å². The van der Waals surface area contributed by atoms with Gasteiger partial charge in [0.25, 0.3) is 5.91 Å². The van der Waals surface area contributed by atoms with Crippen LogP contribution in [0.4, 0.5) is 19.3 Å². The Morgan fingerprint density at radius 1 is 1.15 bits per heavy atom. The van der Waals surface area contributed by atoms with E-state index in [0.29, 0.717) is 28.5 Å². The molecule has 2 aromatic carbocycles. The van der Waals surface area contributed by atoms with Crippen LogP contribution in [0, 0.1) is 11.6 Å². The highest BCUT2D eigenvalue weighted by Crippen LogP contribution is 2.35. The molecule has 1 aromatic heterocycles. The van der Waals surface area contributed by atoms with Crippen molar-refractivity contribution in [1.82, 2.24) is 10.3 Å². The fourth-order valence-corrected chi connectivity index (χ4v) is 3.45. The Labute approximate surface area is 204 Å². The first-order valence-electron chi connectivity index (χ1n) is 9.96. The number of fused-ring (bicyclic) bond motifs is 1. The third-order valence-electron chi connectivity index (χ3n) is 4.93. The molecule has 1 atom stereocenters. The van der Waals surface area contributed by atoms with Gasteiger partial charge in [0.2, 0.25) is 0 Å². The molecule has 4 rings (SSSR count). The molecule has 7 nitrogen and oxygen atoms in total. The van der Waals surface area contributed by atoms with Crippen LogP contribution in [0.3, 0.4) is 0 Å². The summed E-state index contributed by atoms with van der Waals surface area (Å²) in [6.45, 7) is 0.224. The van der Waals surface area contributed by atoms with Gasteiger partial charge in [0, 0.05) is 29.9 Å². The Morgan fingerprint density at radius 3 is 2.71 bits per heavy atom. The van der Waals surface area contributed by atoms with Crippen LogP contribution in [0.15, 0.2) is 54.7 Å². The van der Waals surface area contributed by atoms with E-state index in [-0.39, 0.29) is 36.9 Å². The largest absolute Gasteiger partial charge is 0.492 e. The number of rotatable bonds is 5. The van der Waals surface area contributed by atoms with E-state index in [9.17, 15) is 18.4 Å². The third-order valence-corrected chi connectivity index (χ3v) is 5.15. The fraction of sp³-hybridized carbons (Fsp3) is 0.174. The van der Waals surface area contributed by atoms with Crippen molar-refractivity contribution in [3.05, 3.63) is 88.2 Å². The van der Waals surface area contributed by atoms with Gasteiger partial charge in [-0.3, -0.25) is 9.78 Å². The number of carbonyl (C=O) groups excluding carboxylic acids is 2. The number of nitrogens with zero attached hydrogens (tertiary/aromatic N) is 1. The van der Waals surface area contributed by atoms with Crippen molar-refractivity contribution in [2.45, 2.75) is 19.1 Å². The minimum absolute atomic E-state index is 0. The number of aromatic nitrogens is 1. The first-order valence-corrected chi connectivity index (χ1v) is 10.3. The average molecular weight is 510 g/mol. The molecular formula is C23H19Cl2F2N3O4. The van der Waals surface area contributed by atoms with Crippen molar-refractivity contribution in [2.75, 3.05) is 11.9 Å². The van der Waals surface area contributed by atoms with Crippen molar-refractivity contribution >= 4 is 41.7 Å². The van der Waals surface area contributed by atoms with Gasteiger partial charge in [0.1, 0.15) is 12.4 Å². The monoisotopic (exact) mass is 509 g/mol. The van der Waals surface area contributed by atoms with Crippen molar-refractivity contribution < 1.29 is 27.8 Å². The Morgan fingerprint density at radius 2 is 1.97 bits per heavy atom. The van der Waals surface area contributed by atoms with Gasteiger partial charge in [-0.15, -0.1) is 12.4 Å². The Balaban J connectivity index is 0.00000324. The quantitative estimate of drug-likeness (QED) is 0.478. The summed E-state index contributed by atoms with van der Waals surface area (Å²) in [6.07, 6.45) is 1.27. The number of amides is 2. The predicted molar refractivity (Wildman–Crippen MR) is 123 cm³/mol. The van der Waals surface area contributed by atoms with Crippen molar-refractivity contribution in [3.63, 3.8) is 0 Å². The molecule has 0 saturated heterocycles. The molecule has 0 saturated carbocycles. The van der Waals surface area contributed by atoms with Crippen molar-refractivity contribution in [1.29, 1.82) is 0 Å². The van der Waals surface area contributed by atoms with Crippen LogP contribution in [0.25, 0.3) is 0 Å². The van der Waals surface area contributed by atoms with Crippen molar-refractivity contribution in [2.24, 2.45) is 0 Å². The van der Waals surface area contributed by atoms with Gasteiger partial charge in [0.15, 0.2) is 11.6 Å². The molecule has 0 fully saturated rings. The molecule has 2 heterocycles. The molecule has 0 unspecified atom stereocenters. The lowest BCUT2D eigenvalue weighted by molar-refractivity contribution is 0.102. The Kier molecular flexibility index (Phi) is 8.25. The molecule has 2 N–H and O–H groups in total. The summed E-state index contributed by atoms with van der Waals surface area (Å²) in [4.78, 5) is 29.1. The van der Waals surface area contributed by atoms with E-state index in [2.05, 4.69) is 15.6 Å². The van der Waals surface area contributed by atoms with E-state index >= 15 is 0 Å². The molecule has 2 amide bonds. The first-order chi connectivity index (χ1) is 15.9. The van der Waals surface area contributed by atoms with Crippen LogP contribution in [-0.2, 0) is 11.3 Å². The average Bonchev–Trinajstić information content (AvgIpc) is 2.81. The Hall–Kier alpha value is -3.43. The molecule has 0 spiro atoms. The summed E-state index contributed by atoms with van der Waals surface area (Å²) in [5, 5.41) is 5.77. The second-order valence-electron chi connectivity index (χ2n) is 7.18. The summed E-state index contributed by atoms with van der Waals surface area (Å²) >= 11 is 5.79. The fourth-order valence-electron chi connectivity index (χ4n) is 3.34. The van der Waals surface area contributed by atoms with E-state index in [1.54, 1.807) is 30.3 Å². The van der Waals surface area contributed by atoms with E-state index in [1.807, 2.05) is 0 Å². The highest BCUT2D eigenvalue weighted by Gasteiger charge is 2.27. The van der Waals surface area contributed by atoms with E-state index in [1.165, 1.54) is 12.3 Å². The number of ether oxygens (including phenoxy) is 2. The minimum atomic E-state index is -1.07. The zero-order valence-electron chi connectivity index (χ0n) is 17.5. The van der Waals surface area contributed by atoms with Crippen molar-refractivity contribution in [3.8, 4) is 5.75 Å². The molecule has 11 heteroatoms. The van der Waals surface area contributed by atoms with Crippen LogP contribution in [0.1, 0.15) is 34.1 Å². The number of hydrogen-bond donors (Lipinski definition) is 2. The SMILES string of the molecule is Cl.O=C(N[C@H]1CCOc2c(C(=O)Nc3ccc(F)c(F)c3)cccc21)OCc1ccc(Cl)cn1. The number of benzene rings is 2. The maximum absolute atomic E-state index is 13.5. The maximum Gasteiger partial charge on any atom is 0.408 e. The van der Waals surface area contributed by atoms with E-state index < -0.39 is 29.7 Å². The predicted octanol–water partition coefficient (Wildman–Crippen LogP) is 5.44. The number of carbonyl (C=O) groups is 2. The minimum Gasteiger partial charge on any atom is -0.492 e. The number of pyridine rings is 1. The number of halogens is 4. The maximum atomic E-state index is 13.5. The summed E-state index contributed by atoms with van der Waals surface area (Å²) in [6, 6.07) is 10.8. The molecule has 1 aliphatic heterocycles. The standard InChI is InChI=1S/C23H18ClF2N3O4.ClH/c24-13-4-5-15(27-11-13)12-33-23(31)29-20-8-9-32-21-16(20)2-1-3-17(21)22(30)28-14-6-7-18(25)19(26)10-14;/h1-7,10-11,20H,8-9,12H2,(H,28,30)(H,29,31);1H/t20-;/m0./s1. The summed E-state index contributed by atoms with van der Waals surface area (Å²) in [5.74, 6) is -2.35. The molecule has 0 aliphatic carbocycles. The molecular weight excluding hydrogens is 491 g/mol. The molecule has 1 aliphatic rings. The topological polar surface area (TPSA) is 89.5 Å². The van der Waals surface area contributed by atoms with Crippen LogP contribution in [0.5, 0.6) is 5.75 Å². The molecule has 3 aromatic rings. The molecule has 34 heavy (non-hydrogen) atoms. The second kappa shape index (κ2) is 11.1. The highest BCUT2D eigenvalue weighted by atomic mass is 35.5. The summed E-state index contributed by atoms with van der Waals surface area (Å²) < 4.78 is 37.5. The normalized spacial score (nSPS) is 14.1. The number of hydrogen-bond acceptors (Lipinski definition) is 5. The van der Waals surface area contributed by atoms with E-state index in [0.717, 1.165) is 12.1 Å². The number of nitrogens with one attached hydrogen (secondary N) is 2. The summed E-state index contributed by atoms with van der Waals surface area (Å²) in [7, 11) is 0. The Bertz CT molecular complexity index is 1200. The van der Waals surface area contributed by atoms with Crippen LogP contribution in [0.2, 0.25) is 5.02 Å². The van der Waals surface area contributed by atoms with Gasteiger partial charge in [-0.25, -0.2) is 13.6 Å². The van der Waals surface area contributed by atoms with Gasteiger partial charge in [-0.05, 0) is 30.3 Å². The van der Waals surface area contributed by atoms with Gasteiger partial charge >= 0.3 is 6.09 Å². The lowest BCUT2D eigenvalue weighted by atomic mass is 9.97. The number of alkyl carbamates (subject to hydrolysis) is 1. The third kappa shape index (κ3) is 5.92. The summed E-state index contributed by atoms with van der Waals surface area (Å²) in [5.41, 5.74) is 1.43.